The molecule has 0 aliphatic carbocycles. The number of fused-ring (bicyclic) bond motifs is 12. The van der Waals surface area contributed by atoms with Crippen molar-refractivity contribution in [1.29, 1.82) is 0 Å². The van der Waals surface area contributed by atoms with Gasteiger partial charge in [-0.25, -0.2) is 0 Å². The highest BCUT2D eigenvalue weighted by atomic mass is 14.2. The molecule has 0 spiro atoms. The van der Waals surface area contributed by atoms with E-state index in [-0.39, 0.29) is 0 Å². The van der Waals surface area contributed by atoms with Crippen LogP contribution in [0.15, 0.2) is 182 Å². The Morgan fingerprint density at radius 2 is 0.521 bits per heavy atom. The molecule has 0 aliphatic rings. The zero-order valence-electron chi connectivity index (χ0n) is 26.3. The van der Waals surface area contributed by atoms with Crippen molar-refractivity contribution in [2.24, 2.45) is 0 Å². The van der Waals surface area contributed by atoms with Crippen LogP contribution in [0.2, 0.25) is 0 Å². The van der Waals surface area contributed by atoms with E-state index in [2.05, 4.69) is 182 Å². The number of benzene rings is 10. The predicted octanol–water partition coefficient (Wildman–Crippen LogP) is 13.6. The van der Waals surface area contributed by atoms with E-state index in [0.29, 0.717) is 0 Å². The van der Waals surface area contributed by atoms with Gasteiger partial charge in [-0.1, -0.05) is 170 Å². The number of hydrogen-bond donors (Lipinski definition) is 0. The van der Waals surface area contributed by atoms with Gasteiger partial charge in [0, 0.05) is 0 Å². The first-order valence-corrected chi connectivity index (χ1v) is 16.7. The van der Waals surface area contributed by atoms with Crippen LogP contribution in [0.3, 0.4) is 0 Å². The first kappa shape index (κ1) is 26.9. The van der Waals surface area contributed by atoms with Gasteiger partial charge >= 0.3 is 0 Å². The first-order chi connectivity index (χ1) is 23.8. The highest BCUT2D eigenvalue weighted by molar-refractivity contribution is 6.27. The molecule has 0 N–H and O–H groups in total. The van der Waals surface area contributed by atoms with Gasteiger partial charge in [-0.3, -0.25) is 0 Å². The first-order valence-electron chi connectivity index (χ1n) is 16.7. The topological polar surface area (TPSA) is 0 Å². The standard InChI is InChI=1S/C48H30/c1-2-13-31(14-3-1)34-23-12-24-35(32-25-27-44-40-19-6-4-15-36(40)38-17-8-10-21-42(38)46(44)29-32)48(34)33-26-28-45-41-20-7-5-16-37(41)39-18-9-11-22-43(39)47(45)30-33/h1-30H. The Morgan fingerprint density at radius 3 is 0.979 bits per heavy atom. The smallest absolute Gasteiger partial charge is 0.00266 e. The van der Waals surface area contributed by atoms with Gasteiger partial charge in [-0.15, -0.1) is 0 Å². The van der Waals surface area contributed by atoms with E-state index < -0.39 is 0 Å². The Labute approximate surface area is 279 Å². The fourth-order valence-electron chi connectivity index (χ4n) is 8.10. The summed E-state index contributed by atoms with van der Waals surface area (Å²) in [4.78, 5) is 0. The minimum absolute atomic E-state index is 1.22. The lowest BCUT2D eigenvalue weighted by atomic mass is 9.85. The van der Waals surface area contributed by atoms with Gasteiger partial charge in [-0.2, -0.15) is 0 Å². The van der Waals surface area contributed by atoms with Gasteiger partial charge in [0.25, 0.3) is 0 Å². The molecule has 0 radical (unpaired) electrons. The van der Waals surface area contributed by atoms with E-state index in [1.165, 1.54) is 98.0 Å². The molecule has 10 aromatic carbocycles. The van der Waals surface area contributed by atoms with Crippen LogP contribution < -0.4 is 0 Å². The molecule has 0 heteroatoms. The van der Waals surface area contributed by atoms with E-state index in [4.69, 9.17) is 0 Å². The van der Waals surface area contributed by atoms with Gasteiger partial charge < -0.3 is 0 Å². The van der Waals surface area contributed by atoms with Crippen LogP contribution in [0.25, 0.3) is 98.0 Å². The Balaban J connectivity index is 1.29. The van der Waals surface area contributed by atoms with E-state index in [0.717, 1.165) is 0 Å². The summed E-state index contributed by atoms with van der Waals surface area (Å²) >= 11 is 0. The minimum atomic E-state index is 1.22. The monoisotopic (exact) mass is 606 g/mol. The molecule has 0 bridgehead atoms. The third-order valence-corrected chi connectivity index (χ3v) is 10.2. The van der Waals surface area contributed by atoms with Crippen LogP contribution >= 0.6 is 0 Å². The Hall–Kier alpha value is -6.24. The van der Waals surface area contributed by atoms with Gasteiger partial charge in [0.2, 0.25) is 0 Å². The van der Waals surface area contributed by atoms with Crippen molar-refractivity contribution in [2.45, 2.75) is 0 Å². The Morgan fingerprint density at radius 1 is 0.188 bits per heavy atom. The van der Waals surface area contributed by atoms with Crippen molar-refractivity contribution in [3.63, 3.8) is 0 Å². The fraction of sp³-hybridized carbons (Fsp3) is 0. The second-order valence-corrected chi connectivity index (χ2v) is 12.8. The summed E-state index contributed by atoms with van der Waals surface area (Å²) in [6.07, 6.45) is 0. The maximum atomic E-state index is 2.43. The normalized spacial score (nSPS) is 11.8. The molecule has 222 valence electrons. The molecule has 0 saturated heterocycles. The molecule has 10 rings (SSSR count). The largest absolute Gasteiger partial charge is 0.0622 e. The molecular weight excluding hydrogens is 577 g/mol. The summed E-state index contributed by atoms with van der Waals surface area (Å²) in [6.45, 7) is 0. The highest BCUT2D eigenvalue weighted by Gasteiger charge is 2.18. The average molecular weight is 607 g/mol. The molecule has 0 amide bonds. The van der Waals surface area contributed by atoms with Gasteiger partial charge in [-0.05, 0) is 110 Å². The average Bonchev–Trinajstić information content (AvgIpc) is 3.18. The summed E-state index contributed by atoms with van der Waals surface area (Å²) < 4.78 is 0. The maximum absolute atomic E-state index is 2.43. The molecule has 0 saturated carbocycles. The SMILES string of the molecule is c1ccc(-c2cccc(-c3ccc4c5ccccc5c5ccccc5c4c3)c2-c2ccc3c4ccccc4c4ccccc4c3c2)cc1. The third kappa shape index (κ3) is 4.03. The third-order valence-electron chi connectivity index (χ3n) is 10.2. The van der Waals surface area contributed by atoms with Crippen LogP contribution in [-0.4, -0.2) is 0 Å². The lowest BCUT2D eigenvalue weighted by Crippen LogP contribution is -1.92. The van der Waals surface area contributed by atoms with Gasteiger partial charge in [0.15, 0.2) is 0 Å². The summed E-state index contributed by atoms with van der Waals surface area (Å²) in [7, 11) is 0. The second kappa shape index (κ2) is 10.7. The van der Waals surface area contributed by atoms with Crippen LogP contribution in [0, 0.1) is 0 Å². The molecule has 0 heterocycles. The van der Waals surface area contributed by atoms with Crippen LogP contribution in [0.4, 0.5) is 0 Å². The molecule has 0 nitrogen and oxygen atoms in total. The molecule has 0 aromatic heterocycles. The highest BCUT2D eigenvalue weighted by Crippen LogP contribution is 2.45. The maximum Gasteiger partial charge on any atom is -0.00266 e. The molecule has 0 aliphatic heterocycles. The lowest BCUT2D eigenvalue weighted by molar-refractivity contribution is 1.58. The van der Waals surface area contributed by atoms with Crippen molar-refractivity contribution in [3.05, 3.63) is 182 Å². The van der Waals surface area contributed by atoms with Crippen molar-refractivity contribution in [3.8, 4) is 33.4 Å². The molecule has 0 fully saturated rings. The molecule has 10 aromatic rings. The second-order valence-electron chi connectivity index (χ2n) is 12.8. The zero-order valence-corrected chi connectivity index (χ0v) is 26.3. The van der Waals surface area contributed by atoms with Crippen LogP contribution in [-0.2, 0) is 0 Å². The number of hydrogen-bond acceptors (Lipinski definition) is 0. The zero-order chi connectivity index (χ0) is 31.6. The van der Waals surface area contributed by atoms with Gasteiger partial charge in [0.05, 0.1) is 0 Å². The lowest BCUT2D eigenvalue weighted by Gasteiger charge is -2.19. The van der Waals surface area contributed by atoms with Crippen molar-refractivity contribution >= 4 is 64.6 Å². The molecule has 0 unspecified atom stereocenters. The summed E-state index contributed by atoms with van der Waals surface area (Å²) in [5, 5.41) is 15.5. The van der Waals surface area contributed by atoms with E-state index in [1.807, 2.05) is 0 Å². The Kier molecular flexibility index (Phi) is 5.98. The number of rotatable bonds is 3. The van der Waals surface area contributed by atoms with Crippen LogP contribution in [0.1, 0.15) is 0 Å². The van der Waals surface area contributed by atoms with Crippen molar-refractivity contribution in [1.82, 2.24) is 0 Å². The summed E-state index contributed by atoms with van der Waals surface area (Å²) in [5.74, 6) is 0. The Bertz CT molecular complexity index is 2810. The van der Waals surface area contributed by atoms with Crippen molar-refractivity contribution < 1.29 is 0 Å². The predicted molar refractivity (Wildman–Crippen MR) is 208 cm³/mol. The molecule has 48 heavy (non-hydrogen) atoms. The van der Waals surface area contributed by atoms with E-state index in [1.54, 1.807) is 0 Å². The quantitative estimate of drug-likeness (QED) is 0.176. The van der Waals surface area contributed by atoms with Crippen molar-refractivity contribution in [2.75, 3.05) is 0 Å². The van der Waals surface area contributed by atoms with E-state index in [9.17, 15) is 0 Å². The summed E-state index contributed by atoms with van der Waals surface area (Å²) in [5.41, 5.74) is 7.39. The molecule has 0 atom stereocenters. The van der Waals surface area contributed by atoms with Gasteiger partial charge in [0.1, 0.15) is 0 Å². The molecular formula is C48H30. The van der Waals surface area contributed by atoms with E-state index >= 15 is 0 Å². The summed E-state index contributed by atoms with van der Waals surface area (Å²) in [6, 6.07) is 67.1. The fourth-order valence-corrected chi connectivity index (χ4v) is 8.10. The minimum Gasteiger partial charge on any atom is -0.0622 e. The van der Waals surface area contributed by atoms with Crippen LogP contribution in [0.5, 0.6) is 0 Å².